The van der Waals surface area contributed by atoms with Gasteiger partial charge >= 0.3 is 0 Å². The lowest BCUT2D eigenvalue weighted by Crippen LogP contribution is -2.31. The van der Waals surface area contributed by atoms with Gasteiger partial charge in [0.2, 0.25) is 0 Å². The molecule has 0 aliphatic carbocycles. The van der Waals surface area contributed by atoms with Gasteiger partial charge in [-0.3, -0.25) is 5.43 Å². The van der Waals surface area contributed by atoms with Crippen LogP contribution in [0.3, 0.4) is 0 Å². The van der Waals surface area contributed by atoms with Gasteiger partial charge in [-0.1, -0.05) is 25.1 Å². The van der Waals surface area contributed by atoms with Gasteiger partial charge in [-0.2, -0.15) is 5.10 Å². The second-order valence-corrected chi connectivity index (χ2v) is 4.16. The maximum Gasteiger partial charge on any atom is 0.187 e. The van der Waals surface area contributed by atoms with E-state index in [1.54, 1.807) is 12.3 Å². The molecular formula is C14H19N3OS. The van der Waals surface area contributed by atoms with Crippen molar-refractivity contribution >= 4 is 23.5 Å². The van der Waals surface area contributed by atoms with Crippen molar-refractivity contribution in [2.45, 2.75) is 13.3 Å². The van der Waals surface area contributed by atoms with Gasteiger partial charge in [0.05, 0.1) is 12.8 Å². The van der Waals surface area contributed by atoms with Crippen molar-refractivity contribution in [1.82, 2.24) is 10.7 Å². The Morgan fingerprint density at radius 3 is 3.00 bits per heavy atom. The highest BCUT2D eigenvalue weighted by atomic mass is 32.1. The van der Waals surface area contributed by atoms with E-state index in [-0.39, 0.29) is 0 Å². The number of hydrogen-bond donors (Lipinski definition) is 2. The van der Waals surface area contributed by atoms with Gasteiger partial charge in [-0.25, -0.2) is 0 Å². The van der Waals surface area contributed by atoms with Crippen molar-refractivity contribution in [2.24, 2.45) is 5.10 Å². The summed E-state index contributed by atoms with van der Waals surface area (Å²) in [4.78, 5) is 0. The third kappa shape index (κ3) is 6.01. The van der Waals surface area contributed by atoms with Gasteiger partial charge in [-0.05, 0) is 30.8 Å². The van der Waals surface area contributed by atoms with Crippen molar-refractivity contribution in [3.05, 3.63) is 42.5 Å². The Kier molecular flexibility index (Phi) is 7.27. The summed E-state index contributed by atoms with van der Waals surface area (Å²) < 4.78 is 5.63. The van der Waals surface area contributed by atoms with E-state index in [1.807, 2.05) is 24.3 Å². The summed E-state index contributed by atoms with van der Waals surface area (Å²) in [6.07, 6.45) is 4.39. The van der Waals surface area contributed by atoms with Crippen LogP contribution in [0.15, 0.2) is 42.0 Å². The standard InChI is InChI=1S/C14H19N3OS/c1-3-9-15-14(19)17-16-11-12-7-5-6-8-13(12)18-10-4-2/h3,5-8,11H,1,4,9-10H2,2H3,(H2,15,17,19). The molecule has 4 nitrogen and oxygen atoms in total. The Morgan fingerprint density at radius 1 is 1.47 bits per heavy atom. The first kappa shape index (κ1) is 15.2. The van der Waals surface area contributed by atoms with E-state index in [9.17, 15) is 0 Å². The number of para-hydroxylation sites is 1. The molecule has 0 bridgehead atoms. The molecule has 102 valence electrons. The zero-order valence-corrected chi connectivity index (χ0v) is 11.9. The van der Waals surface area contributed by atoms with Crippen LogP contribution in [0.4, 0.5) is 0 Å². The highest BCUT2D eigenvalue weighted by molar-refractivity contribution is 7.80. The fourth-order valence-electron chi connectivity index (χ4n) is 1.30. The van der Waals surface area contributed by atoms with Crippen LogP contribution in [0.2, 0.25) is 0 Å². The highest BCUT2D eigenvalue weighted by Crippen LogP contribution is 2.15. The molecule has 0 radical (unpaired) electrons. The maximum absolute atomic E-state index is 5.63. The van der Waals surface area contributed by atoms with Crippen LogP contribution in [0.25, 0.3) is 0 Å². The number of benzene rings is 1. The molecule has 0 aromatic heterocycles. The van der Waals surface area contributed by atoms with Crippen molar-refractivity contribution in [2.75, 3.05) is 13.2 Å². The SMILES string of the molecule is C=CCNC(=S)NN=Cc1ccccc1OCCC. The van der Waals surface area contributed by atoms with E-state index >= 15 is 0 Å². The second kappa shape index (κ2) is 9.10. The highest BCUT2D eigenvalue weighted by Gasteiger charge is 1.99. The molecule has 1 aromatic rings. The maximum atomic E-state index is 5.63. The van der Waals surface area contributed by atoms with Crippen molar-refractivity contribution in [3.63, 3.8) is 0 Å². The minimum Gasteiger partial charge on any atom is -0.493 e. The molecule has 0 spiro atoms. The summed E-state index contributed by atoms with van der Waals surface area (Å²) >= 11 is 5.02. The first-order valence-corrected chi connectivity index (χ1v) is 6.58. The first-order valence-electron chi connectivity index (χ1n) is 6.17. The molecule has 0 saturated carbocycles. The van der Waals surface area contributed by atoms with Gasteiger partial charge < -0.3 is 10.1 Å². The number of rotatable bonds is 7. The van der Waals surface area contributed by atoms with Gasteiger partial charge in [0.1, 0.15) is 5.75 Å². The molecule has 0 aliphatic heterocycles. The number of nitrogens with zero attached hydrogens (tertiary/aromatic N) is 1. The third-order valence-corrected chi connectivity index (χ3v) is 2.39. The smallest absolute Gasteiger partial charge is 0.187 e. The lowest BCUT2D eigenvalue weighted by molar-refractivity contribution is 0.317. The molecule has 5 heteroatoms. The fourth-order valence-corrected chi connectivity index (χ4v) is 1.43. The lowest BCUT2D eigenvalue weighted by Gasteiger charge is -2.07. The van der Waals surface area contributed by atoms with Crippen LogP contribution in [0, 0.1) is 0 Å². The Labute approximate surface area is 119 Å². The van der Waals surface area contributed by atoms with E-state index < -0.39 is 0 Å². The average Bonchev–Trinajstić information content (AvgIpc) is 2.44. The van der Waals surface area contributed by atoms with E-state index in [1.165, 1.54) is 0 Å². The molecule has 1 aromatic carbocycles. The topological polar surface area (TPSA) is 45.7 Å². The zero-order chi connectivity index (χ0) is 13.9. The predicted octanol–water partition coefficient (Wildman–Crippen LogP) is 2.46. The van der Waals surface area contributed by atoms with Crippen molar-refractivity contribution in [3.8, 4) is 5.75 Å². The quantitative estimate of drug-likeness (QED) is 0.348. The molecule has 0 aliphatic rings. The lowest BCUT2D eigenvalue weighted by atomic mass is 10.2. The first-order chi connectivity index (χ1) is 9.27. The van der Waals surface area contributed by atoms with Crippen LogP contribution in [-0.4, -0.2) is 24.5 Å². The zero-order valence-electron chi connectivity index (χ0n) is 11.1. The van der Waals surface area contributed by atoms with Crippen LogP contribution < -0.4 is 15.5 Å². The molecule has 0 fully saturated rings. The molecular weight excluding hydrogens is 258 g/mol. The fraction of sp³-hybridized carbons (Fsp3) is 0.286. The summed E-state index contributed by atoms with van der Waals surface area (Å²) in [5, 5.41) is 7.46. The summed E-state index contributed by atoms with van der Waals surface area (Å²) in [6.45, 7) is 6.97. The molecule has 1 rings (SSSR count). The summed E-state index contributed by atoms with van der Waals surface area (Å²) in [5.74, 6) is 0.819. The van der Waals surface area contributed by atoms with Gasteiger partial charge in [-0.15, -0.1) is 6.58 Å². The molecule has 0 unspecified atom stereocenters. The summed E-state index contributed by atoms with van der Waals surface area (Å²) in [7, 11) is 0. The third-order valence-electron chi connectivity index (χ3n) is 2.16. The van der Waals surface area contributed by atoms with E-state index in [0.717, 1.165) is 17.7 Å². The van der Waals surface area contributed by atoms with Crippen LogP contribution in [-0.2, 0) is 0 Å². The molecule has 2 N–H and O–H groups in total. The monoisotopic (exact) mass is 277 g/mol. The molecule has 0 heterocycles. The van der Waals surface area contributed by atoms with Crippen molar-refractivity contribution in [1.29, 1.82) is 0 Å². The number of ether oxygens (including phenoxy) is 1. The number of nitrogens with one attached hydrogen (secondary N) is 2. The predicted molar refractivity (Wildman–Crippen MR) is 83.8 cm³/mol. The molecule has 0 saturated heterocycles. The summed E-state index contributed by atoms with van der Waals surface area (Å²) in [5.41, 5.74) is 3.65. The van der Waals surface area contributed by atoms with Gasteiger partial charge in [0, 0.05) is 12.1 Å². The number of thiocarbonyl (C=S) groups is 1. The normalized spacial score (nSPS) is 10.2. The van der Waals surface area contributed by atoms with E-state index in [2.05, 4.69) is 29.3 Å². The largest absolute Gasteiger partial charge is 0.493 e. The minimum atomic E-state index is 0.461. The average molecular weight is 277 g/mol. The van der Waals surface area contributed by atoms with Crippen molar-refractivity contribution < 1.29 is 4.74 Å². The second-order valence-electron chi connectivity index (χ2n) is 3.75. The number of hydrazone groups is 1. The Morgan fingerprint density at radius 2 is 2.26 bits per heavy atom. The van der Waals surface area contributed by atoms with Gasteiger partial charge in [0.15, 0.2) is 5.11 Å². The van der Waals surface area contributed by atoms with Crippen LogP contribution in [0.1, 0.15) is 18.9 Å². The van der Waals surface area contributed by atoms with E-state index in [0.29, 0.717) is 18.3 Å². The number of hydrogen-bond acceptors (Lipinski definition) is 3. The Hall–Kier alpha value is -1.88. The van der Waals surface area contributed by atoms with Crippen LogP contribution >= 0.6 is 12.2 Å². The summed E-state index contributed by atoms with van der Waals surface area (Å²) in [6, 6.07) is 7.74. The Bertz CT molecular complexity index is 446. The van der Waals surface area contributed by atoms with Crippen LogP contribution in [0.5, 0.6) is 5.75 Å². The minimum absolute atomic E-state index is 0.461. The Balaban J connectivity index is 2.55. The molecule has 19 heavy (non-hydrogen) atoms. The van der Waals surface area contributed by atoms with E-state index in [4.69, 9.17) is 17.0 Å². The van der Waals surface area contributed by atoms with Gasteiger partial charge in [0.25, 0.3) is 0 Å². The molecule has 0 amide bonds. The molecule has 0 atom stereocenters.